The second-order valence-electron chi connectivity index (χ2n) is 7.48. The molecule has 0 radical (unpaired) electrons. The fourth-order valence-electron chi connectivity index (χ4n) is 3.00. The van der Waals surface area contributed by atoms with Crippen LogP contribution < -0.4 is 16.0 Å². The molecule has 1 unspecified atom stereocenters. The van der Waals surface area contributed by atoms with Crippen molar-refractivity contribution in [2.75, 3.05) is 10.6 Å². The van der Waals surface area contributed by atoms with Crippen molar-refractivity contribution in [3.63, 3.8) is 0 Å². The number of carbonyl (C=O) groups is 2. The Hall–Kier alpha value is -3.88. The monoisotopic (exact) mass is 582 g/mol. The summed E-state index contributed by atoms with van der Waals surface area (Å²) in [5, 5.41) is 7.58. The first-order chi connectivity index (χ1) is 18.0. The zero-order valence-corrected chi connectivity index (χ0v) is 21.4. The predicted octanol–water partition coefficient (Wildman–Crippen LogP) is 5.54. The number of aromatic nitrogens is 5. The molecule has 4 aromatic rings. The lowest BCUT2D eigenvalue weighted by molar-refractivity contribution is -0.137. The zero-order chi connectivity index (χ0) is 27.4. The number of pyridine rings is 2. The van der Waals surface area contributed by atoms with Crippen molar-refractivity contribution in [3.8, 4) is 0 Å². The Kier molecular flexibility index (Phi) is 8.04. The third kappa shape index (κ3) is 6.33. The molecule has 3 N–H and O–H groups in total. The molecular formula is C22H15Cl2F3N8O2S. The largest absolute Gasteiger partial charge is 0.418 e. The van der Waals surface area contributed by atoms with Crippen molar-refractivity contribution in [3.05, 3.63) is 80.4 Å². The summed E-state index contributed by atoms with van der Waals surface area (Å²) in [6, 6.07) is 5.15. The molecule has 0 spiro atoms. The Morgan fingerprint density at radius 3 is 2.50 bits per heavy atom. The highest BCUT2D eigenvalue weighted by Crippen LogP contribution is 2.35. The first-order valence-corrected chi connectivity index (χ1v) is 12.1. The average molecular weight is 583 g/mol. The molecule has 1 atom stereocenters. The van der Waals surface area contributed by atoms with Crippen molar-refractivity contribution >= 4 is 63.8 Å². The highest BCUT2D eigenvalue weighted by atomic mass is 35.5. The second kappa shape index (κ2) is 11.2. The van der Waals surface area contributed by atoms with Gasteiger partial charge in [0.15, 0.2) is 11.5 Å². The van der Waals surface area contributed by atoms with E-state index in [1.54, 1.807) is 31.3 Å². The van der Waals surface area contributed by atoms with E-state index in [0.717, 1.165) is 23.9 Å². The van der Waals surface area contributed by atoms with Crippen molar-refractivity contribution in [1.29, 1.82) is 0 Å². The maximum absolute atomic E-state index is 13.1. The molecule has 196 valence electrons. The number of hydrogen-bond donors (Lipinski definition) is 3. The molecule has 0 aliphatic heterocycles. The summed E-state index contributed by atoms with van der Waals surface area (Å²) in [4.78, 5) is 45.4. The van der Waals surface area contributed by atoms with Crippen LogP contribution in [0, 0.1) is 0 Å². The molecule has 16 heteroatoms. The van der Waals surface area contributed by atoms with Gasteiger partial charge in [-0.1, -0.05) is 29.3 Å². The normalized spacial score (nSPS) is 12.1. The Morgan fingerprint density at radius 1 is 1.00 bits per heavy atom. The first kappa shape index (κ1) is 27.2. The lowest BCUT2D eigenvalue weighted by atomic mass is 10.2. The summed E-state index contributed by atoms with van der Waals surface area (Å²) < 4.78 is 39.2. The van der Waals surface area contributed by atoms with Gasteiger partial charge in [-0.3, -0.25) is 9.59 Å². The number of halogens is 5. The van der Waals surface area contributed by atoms with Gasteiger partial charge in [-0.05, 0) is 25.1 Å². The van der Waals surface area contributed by atoms with Gasteiger partial charge in [0, 0.05) is 12.4 Å². The molecule has 0 saturated carbocycles. The Bertz CT molecular complexity index is 1490. The Labute approximate surface area is 226 Å². The van der Waals surface area contributed by atoms with Gasteiger partial charge in [0.05, 0.1) is 22.8 Å². The first-order valence-electron chi connectivity index (χ1n) is 10.5. The van der Waals surface area contributed by atoms with E-state index >= 15 is 0 Å². The number of amides is 2. The smallest absolute Gasteiger partial charge is 0.342 e. The van der Waals surface area contributed by atoms with Gasteiger partial charge < -0.3 is 16.0 Å². The molecule has 4 aromatic heterocycles. The molecule has 0 bridgehead atoms. The van der Waals surface area contributed by atoms with E-state index in [4.69, 9.17) is 23.2 Å². The number of alkyl halides is 3. The molecule has 10 nitrogen and oxygen atoms in total. The Balaban J connectivity index is 1.43. The number of carbonyl (C=O) groups excluding carboxylic acids is 2. The molecule has 4 rings (SSSR count). The van der Waals surface area contributed by atoms with Crippen LogP contribution in [0.3, 0.4) is 0 Å². The molecular weight excluding hydrogens is 568 g/mol. The van der Waals surface area contributed by atoms with Gasteiger partial charge in [0.25, 0.3) is 11.8 Å². The second-order valence-corrected chi connectivity index (χ2v) is 9.33. The number of hydrogen-bond acceptors (Lipinski definition) is 9. The van der Waals surface area contributed by atoms with Crippen molar-refractivity contribution < 1.29 is 22.8 Å². The fourth-order valence-corrected chi connectivity index (χ4v) is 4.25. The minimum Gasteiger partial charge on any atom is -0.342 e. The minimum absolute atomic E-state index is 0.0317. The van der Waals surface area contributed by atoms with Crippen LogP contribution in [0.2, 0.25) is 10.0 Å². The van der Waals surface area contributed by atoms with E-state index in [2.05, 4.69) is 40.9 Å². The summed E-state index contributed by atoms with van der Waals surface area (Å²) in [5.74, 6) is -1.06. The van der Waals surface area contributed by atoms with E-state index < -0.39 is 34.6 Å². The van der Waals surface area contributed by atoms with E-state index in [0.29, 0.717) is 16.9 Å². The summed E-state index contributed by atoms with van der Waals surface area (Å²) >= 11 is 12.8. The fraction of sp³-hybridized carbons (Fsp3) is 0.136. The van der Waals surface area contributed by atoms with Crippen molar-refractivity contribution in [2.24, 2.45) is 0 Å². The number of rotatable bonds is 7. The number of nitrogens with one attached hydrogen (secondary N) is 3. The molecule has 0 aliphatic carbocycles. The van der Waals surface area contributed by atoms with Crippen LogP contribution in [-0.2, 0) is 6.18 Å². The van der Waals surface area contributed by atoms with Crippen LogP contribution in [0.1, 0.15) is 43.7 Å². The van der Waals surface area contributed by atoms with E-state index in [9.17, 15) is 22.8 Å². The molecule has 0 saturated heterocycles. The van der Waals surface area contributed by atoms with Gasteiger partial charge in [0.2, 0.25) is 0 Å². The maximum atomic E-state index is 13.1. The third-order valence-electron chi connectivity index (χ3n) is 4.78. The van der Waals surface area contributed by atoms with Crippen LogP contribution in [0.25, 0.3) is 0 Å². The molecule has 0 aromatic carbocycles. The van der Waals surface area contributed by atoms with Crippen molar-refractivity contribution in [1.82, 2.24) is 30.2 Å². The predicted molar refractivity (Wildman–Crippen MR) is 135 cm³/mol. The average Bonchev–Trinajstić information content (AvgIpc) is 3.37. The number of thiazole rings is 1. The lowest BCUT2D eigenvalue weighted by Gasteiger charge is -2.13. The van der Waals surface area contributed by atoms with E-state index in [-0.39, 0.29) is 27.2 Å². The van der Waals surface area contributed by atoms with Gasteiger partial charge in [0.1, 0.15) is 32.9 Å². The minimum atomic E-state index is -4.72. The number of nitrogens with zero attached hydrogens (tertiary/aromatic N) is 5. The highest BCUT2D eigenvalue weighted by molar-refractivity contribution is 7.13. The van der Waals surface area contributed by atoms with Gasteiger partial charge in [-0.15, -0.1) is 11.3 Å². The zero-order valence-electron chi connectivity index (χ0n) is 19.0. The van der Waals surface area contributed by atoms with Gasteiger partial charge in [-0.25, -0.2) is 24.9 Å². The SMILES string of the molecule is CC(NC(=O)c1ncnc(Nc2ccccn2)c1Cl)c1ncc(C(=O)Nc2cc(C(F)(F)F)c(Cl)cn2)s1. The van der Waals surface area contributed by atoms with Crippen LogP contribution in [0.15, 0.2) is 49.2 Å². The summed E-state index contributed by atoms with van der Waals surface area (Å²) in [6.07, 6.45) is 0.0433. The van der Waals surface area contributed by atoms with Gasteiger partial charge >= 0.3 is 6.18 Å². The topological polar surface area (TPSA) is 135 Å². The summed E-state index contributed by atoms with van der Waals surface area (Å²) in [5.41, 5.74) is -1.23. The highest BCUT2D eigenvalue weighted by Gasteiger charge is 2.34. The van der Waals surface area contributed by atoms with Gasteiger partial charge in [-0.2, -0.15) is 13.2 Å². The van der Waals surface area contributed by atoms with E-state index in [1.807, 2.05) is 0 Å². The van der Waals surface area contributed by atoms with Crippen LogP contribution >= 0.6 is 34.5 Å². The Morgan fingerprint density at radius 2 is 1.79 bits per heavy atom. The number of anilines is 3. The maximum Gasteiger partial charge on any atom is 0.418 e. The molecule has 38 heavy (non-hydrogen) atoms. The summed E-state index contributed by atoms with van der Waals surface area (Å²) in [7, 11) is 0. The molecule has 0 aliphatic rings. The quantitative estimate of drug-likeness (QED) is 0.258. The molecule has 0 fully saturated rings. The summed E-state index contributed by atoms with van der Waals surface area (Å²) in [6.45, 7) is 1.62. The molecule has 2 amide bonds. The van der Waals surface area contributed by atoms with Crippen LogP contribution in [0.5, 0.6) is 0 Å². The van der Waals surface area contributed by atoms with Crippen LogP contribution in [-0.4, -0.2) is 36.7 Å². The van der Waals surface area contributed by atoms with E-state index in [1.165, 1.54) is 6.20 Å². The third-order valence-corrected chi connectivity index (χ3v) is 6.62. The lowest BCUT2D eigenvalue weighted by Crippen LogP contribution is -2.28. The standard InChI is InChI=1S/C22H15Cl2F3N8O2S/c1-10(33-20(37)17-16(24)18(32-9-31-17)34-14-4-2-3-5-28-14)21-30-8-13(38-21)19(36)35-15-6-11(22(25,26)27)12(23)7-29-15/h2-10H,1H3,(H,33,37)(H,29,35,36)(H,28,31,32,34). The molecule has 4 heterocycles. The van der Waals surface area contributed by atoms with Crippen LogP contribution in [0.4, 0.5) is 30.6 Å². The van der Waals surface area contributed by atoms with Crippen molar-refractivity contribution in [2.45, 2.75) is 19.1 Å².